The van der Waals surface area contributed by atoms with E-state index in [2.05, 4.69) is 24.3 Å². The maximum atomic E-state index is 16.8. The summed E-state index contributed by atoms with van der Waals surface area (Å²) in [6.45, 7) is 0. The van der Waals surface area contributed by atoms with Crippen LogP contribution in [0.4, 0.5) is 13.2 Å². The zero-order valence-electron chi connectivity index (χ0n) is 31.2. The second-order valence-corrected chi connectivity index (χ2v) is 17.1. The second-order valence-electron chi connectivity index (χ2n) is 15.0. The van der Waals surface area contributed by atoms with E-state index in [-0.39, 0.29) is 22.5 Å². The number of halogens is 3. The number of hydrogen-bond acceptors (Lipinski definition) is 4. The molecule has 0 saturated carbocycles. The number of para-hydroxylation sites is 2. The minimum atomic E-state index is -4.86. The lowest BCUT2D eigenvalue weighted by Gasteiger charge is -2.23. The highest BCUT2D eigenvalue weighted by Crippen LogP contribution is 2.50. The van der Waals surface area contributed by atoms with Gasteiger partial charge in [-0.1, -0.05) is 84.9 Å². The molecule has 0 spiro atoms. The van der Waals surface area contributed by atoms with Crippen molar-refractivity contribution in [3.63, 3.8) is 0 Å². The minimum Gasteiger partial charge on any atom is -0.308 e. The third-order valence-corrected chi connectivity index (χ3v) is 14.0. The highest BCUT2D eigenvalue weighted by Gasteiger charge is 2.40. The number of rotatable bonds is 3. The van der Waals surface area contributed by atoms with Gasteiger partial charge in [-0.05, 0) is 77.9 Å². The average Bonchev–Trinajstić information content (AvgIpc) is 4.02. The third-order valence-electron chi connectivity index (χ3n) is 11.7. The van der Waals surface area contributed by atoms with Gasteiger partial charge in [0.25, 0.3) is 0 Å². The molecule has 0 aliphatic carbocycles. The SMILES string of the molecule is N#Cc1cc(C#N)cc(-c2cc(-n3c4ccccc4c4ccc5sc6ccccc6c5c43)c(C(F)(F)F)c(-n3c4ccccc4c4ccc5sc6ccccc6c5c43)c2)c1. The normalized spacial score (nSPS) is 12.2. The van der Waals surface area contributed by atoms with Crippen LogP contribution in [0.5, 0.6) is 0 Å². The summed E-state index contributed by atoms with van der Waals surface area (Å²) >= 11 is 3.23. The quantitative estimate of drug-likeness (QED) is 0.178. The first-order valence-electron chi connectivity index (χ1n) is 19.2. The number of aromatic nitrogens is 2. The zero-order valence-corrected chi connectivity index (χ0v) is 32.8. The van der Waals surface area contributed by atoms with Gasteiger partial charge in [-0.25, -0.2) is 0 Å². The molecule has 0 radical (unpaired) electrons. The van der Waals surface area contributed by atoms with Crippen LogP contribution in [0.15, 0.2) is 152 Å². The number of benzene rings is 8. The van der Waals surface area contributed by atoms with Crippen molar-refractivity contribution in [3.05, 3.63) is 168 Å². The molecule has 0 saturated heterocycles. The van der Waals surface area contributed by atoms with Gasteiger partial charge in [0, 0.05) is 61.9 Å². The molecule has 4 aromatic heterocycles. The highest BCUT2D eigenvalue weighted by atomic mass is 32.1. The fourth-order valence-corrected chi connectivity index (χ4v) is 11.6. The van der Waals surface area contributed by atoms with Crippen LogP contribution in [0.1, 0.15) is 16.7 Å². The number of thiophene rings is 2. The number of nitrogens with zero attached hydrogens (tertiary/aromatic N) is 4. The summed E-state index contributed by atoms with van der Waals surface area (Å²) in [6.07, 6.45) is -4.86. The standard InChI is InChI=1S/C51H25F3N4S2/c52-51(53,54)48-40(57-38-13-5-1-9-32(38)34-17-19-44-46(49(34)57)36-11-3-7-15-42(36)59-44)24-31(30-22-28(26-55)21-29(23-30)27-56)25-41(48)58-39-14-6-2-10-33(39)35-18-20-45-47(50(35)58)37-12-4-8-16-43(37)60-45/h1-25H. The molecule has 282 valence electrons. The first-order chi connectivity index (χ1) is 29.3. The van der Waals surface area contributed by atoms with Crippen LogP contribution in [0.25, 0.3) is 106 Å². The van der Waals surface area contributed by atoms with Crippen LogP contribution in [0, 0.1) is 22.7 Å². The third kappa shape index (κ3) is 4.82. The predicted octanol–water partition coefficient (Wildman–Crippen LogP) is 15.0. The molecule has 9 heteroatoms. The van der Waals surface area contributed by atoms with Gasteiger partial charge in [0.15, 0.2) is 0 Å². The molecule has 0 bridgehead atoms. The van der Waals surface area contributed by atoms with E-state index < -0.39 is 11.7 Å². The van der Waals surface area contributed by atoms with Gasteiger partial charge in [-0.15, -0.1) is 22.7 Å². The number of fused-ring (bicyclic) bond motifs is 14. The molecular weight excluding hydrogens is 790 g/mol. The molecule has 0 unspecified atom stereocenters. The lowest BCUT2D eigenvalue weighted by Crippen LogP contribution is -2.16. The molecule has 60 heavy (non-hydrogen) atoms. The fourth-order valence-electron chi connectivity index (χ4n) is 9.38. The van der Waals surface area contributed by atoms with Gasteiger partial charge >= 0.3 is 6.18 Å². The van der Waals surface area contributed by atoms with E-state index in [0.717, 1.165) is 61.9 Å². The maximum Gasteiger partial charge on any atom is 0.420 e. The van der Waals surface area contributed by atoms with Crippen molar-refractivity contribution >= 4 is 107 Å². The Bertz CT molecular complexity index is 3680. The summed E-state index contributed by atoms with van der Waals surface area (Å²) in [4.78, 5) is 0. The Kier molecular flexibility index (Phi) is 7.23. The van der Waals surface area contributed by atoms with Gasteiger partial charge < -0.3 is 9.13 Å². The predicted molar refractivity (Wildman–Crippen MR) is 241 cm³/mol. The zero-order chi connectivity index (χ0) is 40.4. The summed E-state index contributed by atoms with van der Waals surface area (Å²) < 4.78 is 57.9. The Balaban J connectivity index is 1.35. The van der Waals surface area contributed by atoms with Crippen LogP contribution >= 0.6 is 22.7 Å². The van der Waals surface area contributed by atoms with Gasteiger partial charge in [0.2, 0.25) is 0 Å². The van der Waals surface area contributed by atoms with Crippen molar-refractivity contribution in [2.45, 2.75) is 6.18 Å². The molecular formula is C51H25F3N4S2. The number of nitriles is 2. The lowest BCUT2D eigenvalue weighted by atomic mass is 9.96. The van der Waals surface area contributed by atoms with Gasteiger partial charge in [-0.2, -0.15) is 23.7 Å². The first kappa shape index (κ1) is 34.6. The van der Waals surface area contributed by atoms with Crippen molar-refractivity contribution in [2.24, 2.45) is 0 Å². The Hall–Kier alpha value is -7.43. The molecule has 4 nitrogen and oxygen atoms in total. The number of hydrogen-bond donors (Lipinski definition) is 0. The molecule has 4 heterocycles. The summed E-state index contributed by atoms with van der Waals surface area (Å²) in [5.41, 5.74) is 3.05. The fraction of sp³-hybridized carbons (Fsp3) is 0.0196. The smallest absolute Gasteiger partial charge is 0.308 e. The summed E-state index contributed by atoms with van der Waals surface area (Å²) in [6, 6.07) is 51.7. The molecule has 0 amide bonds. The van der Waals surface area contributed by atoms with Crippen LogP contribution in [0.3, 0.4) is 0 Å². The largest absolute Gasteiger partial charge is 0.420 e. The number of alkyl halides is 3. The Labute approximate surface area is 347 Å². The summed E-state index contributed by atoms with van der Waals surface area (Å²) in [5, 5.41) is 27.2. The topological polar surface area (TPSA) is 57.4 Å². The van der Waals surface area contributed by atoms with Crippen molar-refractivity contribution in [1.82, 2.24) is 9.13 Å². The Morgan fingerprint density at radius 1 is 0.433 bits per heavy atom. The van der Waals surface area contributed by atoms with E-state index in [0.29, 0.717) is 33.2 Å². The van der Waals surface area contributed by atoms with Crippen LogP contribution in [0.2, 0.25) is 0 Å². The van der Waals surface area contributed by atoms with Crippen LogP contribution in [-0.4, -0.2) is 9.13 Å². The second kappa shape index (κ2) is 12.5. The van der Waals surface area contributed by atoms with Gasteiger partial charge in [0.1, 0.15) is 5.56 Å². The molecule has 0 aliphatic heterocycles. The Morgan fingerprint density at radius 3 is 1.30 bits per heavy atom. The molecule has 12 rings (SSSR count). The van der Waals surface area contributed by atoms with Crippen molar-refractivity contribution in [2.75, 3.05) is 0 Å². The lowest BCUT2D eigenvalue weighted by molar-refractivity contribution is -0.137. The van der Waals surface area contributed by atoms with E-state index in [4.69, 9.17) is 0 Å². The molecule has 0 atom stereocenters. The van der Waals surface area contributed by atoms with E-state index in [9.17, 15) is 10.5 Å². The molecule has 0 N–H and O–H groups in total. The van der Waals surface area contributed by atoms with Gasteiger partial charge in [0.05, 0.1) is 56.7 Å². The summed E-state index contributed by atoms with van der Waals surface area (Å²) in [5.74, 6) is 0. The minimum absolute atomic E-state index is 0.0573. The van der Waals surface area contributed by atoms with Crippen molar-refractivity contribution in [3.8, 4) is 34.6 Å². The molecule has 0 fully saturated rings. The van der Waals surface area contributed by atoms with Crippen molar-refractivity contribution in [1.29, 1.82) is 10.5 Å². The molecule has 0 aliphatic rings. The van der Waals surface area contributed by atoms with Crippen molar-refractivity contribution < 1.29 is 13.2 Å². The Morgan fingerprint density at radius 2 is 0.850 bits per heavy atom. The monoisotopic (exact) mass is 814 g/mol. The van der Waals surface area contributed by atoms with E-state index in [1.54, 1.807) is 56.1 Å². The average molecular weight is 815 g/mol. The van der Waals surface area contributed by atoms with Gasteiger partial charge in [-0.3, -0.25) is 0 Å². The van der Waals surface area contributed by atoms with Crippen LogP contribution < -0.4 is 0 Å². The highest BCUT2D eigenvalue weighted by molar-refractivity contribution is 7.26. The summed E-state index contributed by atoms with van der Waals surface area (Å²) in [7, 11) is 0. The van der Waals surface area contributed by atoms with Crippen LogP contribution in [-0.2, 0) is 6.18 Å². The first-order valence-corrected chi connectivity index (χ1v) is 20.8. The van der Waals surface area contributed by atoms with E-state index in [1.165, 1.54) is 6.07 Å². The molecule has 8 aromatic carbocycles. The van der Waals surface area contributed by atoms with E-state index >= 15 is 13.2 Å². The van der Waals surface area contributed by atoms with E-state index in [1.807, 2.05) is 109 Å². The maximum absolute atomic E-state index is 16.8. The molecule has 12 aromatic rings.